The van der Waals surface area contributed by atoms with Crippen LogP contribution < -0.4 is 10.1 Å². The lowest BCUT2D eigenvalue weighted by Crippen LogP contribution is -2.23. The van der Waals surface area contributed by atoms with Crippen LogP contribution in [-0.4, -0.2) is 18.2 Å². The topological polar surface area (TPSA) is 64.4 Å². The highest BCUT2D eigenvalue weighted by atomic mass is 19.4. The second-order valence-electron chi connectivity index (χ2n) is 6.19. The zero-order valence-corrected chi connectivity index (χ0v) is 15.2. The molecule has 0 saturated carbocycles. The lowest BCUT2D eigenvalue weighted by Gasteiger charge is -2.10. The van der Waals surface area contributed by atoms with Crippen molar-refractivity contribution in [2.75, 3.05) is 7.11 Å². The molecule has 29 heavy (non-hydrogen) atoms. The van der Waals surface area contributed by atoms with E-state index in [1.54, 1.807) is 19.2 Å². The van der Waals surface area contributed by atoms with Gasteiger partial charge in [-0.3, -0.25) is 4.79 Å². The number of hydrogen-bond donors (Lipinski definition) is 1. The molecule has 3 aromatic rings. The maximum atomic E-state index is 13.7. The third kappa shape index (κ3) is 5.13. The molecule has 0 aliphatic heterocycles. The minimum absolute atomic E-state index is 0.124. The van der Waals surface area contributed by atoms with Gasteiger partial charge in [0.25, 0.3) is 5.91 Å². The Kier molecular flexibility index (Phi) is 5.86. The average molecular weight is 408 g/mol. The van der Waals surface area contributed by atoms with Crippen LogP contribution in [0.3, 0.4) is 0 Å². The highest BCUT2D eigenvalue weighted by Crippen LogP contribution is 2.30. The molecule has 5 nitrogen and oxygen atoms in total. The summed E-state index contributed by atoms with van der Waals surface area (Å²) in [6.45, 7) is -0.427. The van der Waals surface area contributed by atoms with Gasteiger partial charge in [-0.2, -0.15) is 13.2 Å². The zero-order valence-electron chi connectivity index (χ0n) is 15.2. The van der Waals surface area contributed by atoms with E-state index in [9.17, 15) is 22.4 Å². The maximum Gasteiger partial charge on any atom is 0.416 e. The number of amides is 1. The third-order valence-corrected chi connectivity index (χ3v) is 4.14. The summed E-state index contributed by atoms with van der Waals surface area (Å²) in [5, 5.41) is 6.13. The minimum atomic E-state index is -4.60. The van der Waals surface area contributed by atoms with Gasteiger partial charge in [0.2, 0.25) is 5.76 Å². The Morgan fingerprint density at radius 1 is 1.14 bits per heavy atom. The molecule has 0 unspecified atom stereocenters. The number of rotatable bonds is 6. The smallest absolute Gasteiger partial charge is 0.416 e. The number of nitrogens with zero attached hydrogens (tertiary/aromatic N) is 1. The predicted molar refractivity (Wildman–Crippen MR) is 94.9 cm³/mol. The van der Waals surface area contributed by atoms with Gasteiger partial charge in [0.1, 0.15) is 11.6 Å². The SMILES string of the molecule is COc1ccc(Cc2cc(C(=O)NCc3cc(C(F)(F)F)ccc3F)on2)cc1. The number of benzene rings is 2. The largest absolute Gasteiger partial charge is 0.497 e. The first kappa shape index (κ1) is 20.4. The normalized spacial score (nSPS) is 11.3. The van der Waals surface area contributed by atoms with Crippen molar-refractivity contribution < 1.29 is 31.6 Å². The monoisotopic (exact) mass is 408 g/mol. The summed E-state index contributed by atoms with van der Waals surface area (Å²) in [6.07, 6.45) is -4.20. The van der Waals surface area contributed by atoms with E-state index in [0.717, 1.165) is 5.56 Å². The summed E-state index contributed by atoms with van der Waals surface area (Å²) in [4.78, 5) is 12.2. The van der Waals surface area contributed by atoms with Gasteiger partial charge in [0.05, 0.1) is 18.4 Å². The van der Waals surface area contributed by atoms with Crippen molar-refractivity contribution in [3.05, 3.63) is 82.5 Å². The van der Waals surface area contributed by atoms with Crippen LogP contribution in [0.5, 0.6) is 5.75 Å². The molecular weight excluding hydrogens is 392 g/mol. The Morgan fingerprint density at radius 3 is 2.52 bits per heavy atom. The summed E-state index contributed by atoms with van der Waals surface area (Å²) in [5.41, 5.74) is 0.124. The predicted octanol–water partition coefficient (Wildman–Crippen LogP) is 4.36. The fraction of sp³-hybridized carbons (Fsp3) is 0.200. The number of carbonyl (C=O) groups is 1. The molecule has 9 heteroatoms. The van der Waals surface area contributed by atoms with E-state index in [1.807, 2.05) is 12.1 Å². The summed E-state index contributed by atoms with van der Waals surface area (Å²) >= 11 is 0. The molecule has 3 rings (SSSR count). The molecule has 0 aliphatic rings. The zero-order chi connectivity index (χ0) is 21.0. The first-order chi connectivity index (χ1) is 13.8. The van der Waals surface area contributed by atoms with Crippen molar-refractivity contribution in [3.8, 4) is 5.75 Å². The Morgan fingerprint density at radius 2 is 1.86 bits per heavy atom. The molecule has 0 spiro atoms. The van der Waals surface area contributed by atoms with E-state index in [-0.39, 0.29) is 11.3 Å². The molecule has 0 saturated heterocycles. The number of alkyl halides is 3. The van der Waals surface area contributed by atoms with Crippen LogP contribution in [0.4, 0.5) is 17.6 Å². The second-order valence-corrected chi connectivity index (χ2v) is 6.19. The van der Waals surface area contributed by atoms with E-state index in [2.05, 4.69) is 10.5 Å². The molecule has 0 bridgehead atoms. The second kappa shape index (κ2) is 8.34. The van der Waals surface area contributed by atoms with E-state index in [0.29, 0.717) is 36.1 Å². The van der Waals surface area contributed by atoms with Gasteiger partial charge in [-0.25, -0.2) is 4.39 Å². The first-order valence-corrected chi connectivity index (χ1v) is 8.48. The number of aromatic nitrogens is 1. The summed E-state index contributed by atoms with van der Waals surface area (Å²) in [7, 11) is 1.56. The number of ether oxygens (including phenoxy) is 1. The van der Waals surface area contributed by atoms with Gasteiger partial charge >= 0.3 is 6.18 Å². The number of methoxy groups -OCH3 is 1. The van der Waals surface area contributed by atoms with Crippen LogP contribution in [0, 0.1) is 5.82 Å². The summed E-state index contributed by atoms with van der Waals surface area (Å²) in [6, 6.07) is 10.7. The Labute approximate surface area is 163 Å². The van der Waals surface area contributed by atoms with E-state index in [1.165, 1.54) is 6.07 Å². The van der Waals surface area contributed by atoms with Gasteiger partial charge in [0.15, 0.2) is 0 Å². The van der Waals surface area contributed by atoms with Gasteiger partial charge in [-0.15, -0.1) is 0 Å². The Hall–Kier alpha value is -3.36. The van der Waals surface area contributed by atoms with Gasteiger partial charge in [-0.1, -0.05) is 17.3 Å². The van der Waals surface area contributed by atoms with Crippen LogP contribution in [0.1, 0.15) is 32.9 Å². The van der Waals surface area contributed by atoms with Gasteiger partial charge < -0.3 is 14.6 Å². The number of halogens is 4. The highest BCUT2D eigenvalue weighted by Gasteiger charge is 2.31. The van der Waals surface area contributed by atoms with Crippen molar-refractivity contribution in [1.29, 1.82) is 0 Å². The van der Waals surface area contributed by atoms with E-state index in [4.69, 9.17) is 9.26 Å². The molecule has 0 fully saturated rings. The Bertz CT molecular complexity index is 998. The van der Waals surface area contributed by atoms with Crippen molar-refractivity contribution in [3.63, 3.8) is 0 Å². The molecule has 152 valence electrons. The van der Waals surface area contributed by atoms with Crippen molar-refractivity contribution in [2.24, 2.45) is 0 Å². The number of hydrogen-bond acceptors (Lipinski definition) is 4. The number of carbonyl (C=O) groups excluding carboxylic acids is 1. The fourth-order valence-corrected chi connectivity index (χ4v) is 2.60. The fourth-order valence-electron chi connectivity index (χ4n) is 2.60. The van der Waals surface area contributed by atoms with Crippen molar-refractivity contribution in [2.45, 2.75) is 19.1 Å². The van der Waals surface area contributed by atoms with Crippen LogP contribution in [0.2, 0.25) is 0 Å². The lowest BCUT2D eigenvalue weighted by molar-refractivity contribution is -0.137. The third-order valence-electron chi connectivity index (χ3n) is 4.14. The molecule has 1 aromatic heterocycles. The number of nitrogens with one attached hydrogen (secondary N) is 1. The molecular formula is C20H16F4N2O3. The van der Waals surface area contributed by atoms with Crippen molar-refractivity contribution >= 4 is 5.91 Å². The van der Waals surface area contributed by atoms with Gasteiger partial charge in [0, 0.05) is 24.6 Å². The van der Waals surface area contributed by atoms with Crippen LogP contribution in [0.15, 0.2) is 53.1 Å². The molecule has 0 atom stereocenters. The van der Waals surface area contributed by atoms with E-state index < -0.39 is 30.0 Å². The molecule has 0 aliphatic carbocycles. The van der Waals surface area contributed by atoms with Crippen LogP contribution in [0.25, 0.3) is 0 Å². The standard InChI is InChI=1S/C20H16F4N2O3/c1-28-16-5-2-12(3-6-16)8-15-10-18(29-26-15)19(27)25-11-13-9-14(20(22,23)24)4-7-17(13)21/h2-7,9-10H,8,11H2,1H3,(H,25,27). The molecule has 1 amide bonds. The van der Waals surface area contributed by atoms with E-state index >= 15 is 0 Å². The minimum Gasteiger partial charge on any atom is -0.497 e. The molecule has 0 radical (unpaired) electrons. The van der Waals surface area contributed by atoms with Crippen LogP contribution >= 0.6 is 0 Å². The molecule has 1 N–H and O–H groups in total. The first-order valence-electron chi connectivity index (χ1n) is 8.48. The summed E-state index contributed by atoms with van der Waals surface area (Å²) < 4.78 is 62.0. The molecule has 2 aromatic carbocycles. The quantitative estimate of drug-likeness (QED) is 0.616. The van der Waals surface area contributed by atoms with Gasteiger partial charge in [-0.05, 0) is 35.9 Å². The Balaban J connectivity index is 1.63. The summed E-state index contributed by atoms with van der Waals surface area (Å²) in [5.74, 6) is -0.983. The molecule has 1 heterocycles. The average Bonchev–Trinajstić information content (AvgIpc) is 3.15. The van der Waals surface area contributed by atoms with Crippen LogP contribution in [-0.2, 0) is 19.1 Å². The lowest BCUT2D eigenvalue weighted by atomic mass is 10.1. The van der Waals surface area contributed by atoms with Crippen molar-refractivity contribution in [1.82, 2.24) is 10.5 Å². The highest BCUT2D eigenvalue weighted by molar-refractivity contribution is 5.91. The maximum absolute atomic E-state index is 13.7.